The molecule has 1 rings (SSSR count). The van der Waals surface area contributed by atoms with E-state index in [0.717, 1.165) is 17.6 Å². The molecule has 0 aliphatic heterocycles. The summed E-state index contributed by atoms with van der Waals surface area (Å²) in [6.45, 7) is 6.85. The van der Waals surface area contributed by atoms with E-state index in [1.165, 1.54) is 24.1 Å². The van der Waals surface area contributed by atoms with Crippen LogP contribution in [-0.4, -0.2) is 21.5 Å². The van der Waals surface area contributed by atoms with Crippen LogP contribution in [0.4, 0.5) is 0 Å². The molecule has 0 radical (unpaired) electrons. The average Bonchev–Trinajstić information content (AvgIpc) is 2.35. The monoisotopic (exact) mass is 250 g/mol. The van der Waals surface area contributed by atoms with Gasteiger partial charge in [-0.15, -0.1) is 0 Å². The normalized spacial score (nSPS) is 11.3. The largest absolute Gasteiger partial charge is 0.497 e. The Kier molecular flexibility index (Phi) is 4.94. The number of aldehydes is 1. The fraction of sp³-hybridized carbons (Fsp3) is 0.500. The van der Waals surface area contributed by atoms with E-state index in [0.29, 0.717) is 0 Å². The molecule has 0 aromatic heterocycles. The van der Waals surface area contributed by atoms with Crippen LogP contribution in [-0.2, 0) is 0 Å². The summed E-state index contributed by atoms with van der Waals surface area (Å²) in [5, 5.41) is 1.22. The van der Waals surface area contributed by atoms with Crippen LogP contribution in [0.2, 0.25) is 19.1 Å². The van der Waals surface area contributed by atoms with Gasteiger partial charge in [0.2, 0.25) is 0 Å². The van der Waals surface area contributed by atoms with Gasteiger partial charge in [-0.05, 0) is 23.4 Å². The highest BCUT2D eigenvalue weighted by Gasteiger charge is 2.25. The Bertz CT molecular complexity index is 386. The van der Waals surface area contributed by atoms with Crippen LogP contribution in [0, 0.1) is 0 Å². The van der Waals surface area contributed by atoms with Crippen LogP contribution in [0.25, 0.3) is 0 Å². The van der Waals surface area contributed by atoms with Gasteiger partial charge >= 0.3 is 0 Å². The molecule has 17 heavy (non-hydrogen) atoms. The number of benzene rings is 1. The number of hydrogen-bond donors (Lipinski definition) is 0. The van der Waals surface area contributed by atoms with Gasteiger partial charge in [-0.3, -0.25) is 4.79 Å². The molecule has 94 valence electrons. The van der Waals surface area contributed by atoms with Gasteiger partial charge in [0.25, 0.3) is 0 Å². The molecule has 0 aliphatic carbocycles. The van der Waals surface area contributed by atoms with Gasteiger partial charge in [-0.1, -0.05) is 38.9 Å². The molecule has 0 fully saturated rings. The first-order valence-electron chi connectivity index (χ1n) is 6.19. The highest BCUT2D eigenvalue weighted by molar-refractivity contribution is 6.90. The number of methoxy groups -OCH3 is 1. The zero-order valence-corrected chi connectivity index (χ0v) is 12.2. The summed E-state index contributed by atoms with van der Waals surface area (Å²) < 4.78 is 5.26. The van der Waals surface area contributed by atoms with Crippen molar-refractivity contribution < 1.29 is 9.53 Å². The predicted octanol–water partition coefficient (Wildman–Crippen LogP) is 3.22. The zero-order valence-electron chi connectivity index (χ0n) is 11.2. The van der Waals surface area contributed by atoms with Crippen molar-refractivity contribution in [3.8, 4) is 5.75 Å². The second-order valence-corrected chi connectivity index (χ2v) is 9.86. The quantitative estimate of drug-likeness (QED) is 0.572. The summed E-state index contributed by atoms with van der Waals surface area (Å²) in [7, 11) is 0.142. The van der Waals surface area contributed by atoms with E-state index in [9.17, 15) is 4.79 Å². The Labute approximate surface area is 105 Å². The summed E-state index contributed by atoms with van der Waals surface area (Å²) in [4.78, 5) is 11.1. The van der Waals surface area contributed by atoms with Crippen LogP contribution >= 0.6 is 0 Å². The molecule has 1 aromatic carbocycles. The molecule has 0 saturated heterocycles. The van der Waals surface area contributed by atoms with E-state index in [1.807, 2.05) is 18.2 Å². The molecule has 0 heterocycles. The van der Waals surface area contributed by atoms with E-state index in [2.05, 4.69) is 20.0 Å². The molecule has 0 amide bonds. The van der Waals surface area contributed by atoms with Crippen LogP contribution in [0.15, 0.2) is 18.2 Å². The molecule has 0 unspecified atom stereocenters. The molecule has 3 heteroatoms. The van der Waals surface area contributed by atoms with Gasteiger partial charge in [-0.25, -0.2) is 0 Å². The van der Waals surface area contributed by atoms with E-state index in [-0.39, 0.29) is 0 Å². The van der Waals surface area contributed by atoms with Crippen molar-refractivity contribution >= 4 is 19.5 Å². The molecule has 2 nitrogen and oxygen atoms in total. The molecule has 0 bridgehead atoms. The molecule has 0 spiro atoms. The van der Waals surface area contributed by atoms with E-state index < -0.39 is 8.07 Å². The smallest absolute Gasteiger partial charge is 0.149 e. The lowest BCUT2D eigenvalue weighted by Gasteiger charge is -2.24. The maximum absolute atomic E-state index is 11.1. The lowest BCUT2D eigenvalue weighted by Crippen LogP contribution is -2.43. The Balaban J connectivity index is 3.12. The maximum atomic E-state index is 11.1. The van der Waals surface area contributed by atoms with Crippen LogP contribution < -0.4 is 9.92 Å². The first-order chi connectivity index (χ1) is 8.05. The van der Waals surface area contributed by atoms with Crippen molar-refractivity contribution in [1.82, 2.24) is 0 Å². The molecule has 0 N–H and O–H groups in total. The molecule has 1 aromatic rings. The van der Waals surface area contributed by atoms with Crippen LogP contribution in [0.3, 0.4) is 0 Å². The molecule has 0 saturated carbocycles. The second-order valence-electron chi connectivity index (χ2n) is 5.06. The number of rotatable bonds is 6. The minimum atomic E-state index is -1.52. The molecule has 0 aliphatic rings. The zero-order chi connectivity index (χ0) is 12.9. The Morgan fingerprint density at radius 1 is 1.35 bits per heavy atom. The highest BCUT2D eigenvalue weighted by atomic mass is 28.3. The number of ether oxygens (including phenoxy) is 1. The number of hydrogen-bond acceptors (Lipinski definition) is 2. The van der Waals surface area contributed by atoms with Crippen molar-refractivity contribution in [3.05, 3.63) is 23.8 Å². The number of carbonyl (C=O) groups is 1. The third-order valence-corrected chi connectivity index (χ3v) is 6.77. The summed E-state index contributed by atoms with van der Waals surface area (Å²) in [5.41, 5.74) is 0.832. The van der Waals surface area contributed by atoms with Crippen LogP contribution in [0.5, 0.6) is 5.75 Å². The summed E-state index contributed by atoms with van der Waals surface area (Å²) >= 11 is 0. The Morgan fingerprint density at radius 3 is 2.59 bits per heavy atom. The second kappa shape index (κ2) is 6.01. The van der Waals surface area contributed by atoms with E-state index >= 15 is 0 Å². The molecule has 0 atom stereocenters. The maximum Gasteiger partial charge on any atom is 0.149 e. The van der Waals surface area contributed by atoms with E-state index in [4.69, 9.17) is 4.74 Å². The van der Waals surface area contributed by atoms with Gasteiger partial charge in [0.1, 0.15) is 12.0 Å². The summed E-state index contributed by atoms with van der Waals surface area (Å²) in [6, 6.07) is 7.00. The van der Waals surface area contributed by atoms with Crippen molar-refractivity contribution in [1.29, 1.82) is 0 Å². The fourth-order valence-corrected chi connectivity index (χ4v) is 5.07. The topological polar surface area (TPSA) is 26.3 Å². The standard InChI is InChI=1S/C14H22O2Si/c1-5-6-9-17(3,4)14-10-13(16-2)8-7-12(14)11-15/h7-8,10-11H,5-6,9H2,1-4H3. The van der Waals surface area contributed by atoms with Gasteiger partial charge in [0.05, 0.1) is 15.2 Å². The minimum Gasteiger partial charge on any atom is -0.497 e. The third-order valence-electron chi connectivity index (χ3n) is 3.27. The predicted molar refractivity (Wildman–Crippen MR) is 75.2 cm³/mol. The lowest BCUT2D eigenvalue weighted by atomic mass is 10.2. The van der Waals surface area contributed by atoms with Gasteiger partial charge < -0.3 is 4.74 Å². The van der Waals surface area contributed by atoms with E-state index in [1.54, 1.807) is 7.11 Å². The summed E-state index contributed by atoms with van der Waals surface area (Å²) in [6.07, 6.45) is 3.40. The van der Waals surface area contributed by atoms with Gasteiger partial charge in [0, 0.05) is 5.56 Å². The first kappa shape index (κ1) is 14.0. The van der Waals surface area contributed by atoms with Gasteiger partial charge in [-0.2, -0.15) is 0 Å². The van der Waals surface area contributed by atoms with Crippen molar-refractivity contribution in [2.45, 2.75) is 38.9 Å². The highest BCUT2D eigenvalue weighted by Crippen LogP contribution is 2.19. The van der Waals surface area contributed by atoms with Crippen molar-refractivity contribution in [3.63, 3.8) is 0 Å². The average molecular weight is 250 g/mol. The molecular formula is C14H22O2Si. The third kappa shape index (κ3) is 3.43. The number of unbranched alkanes of at least 4 members (excludes halogenated alkanes) is 1. The Hall–Kier alpha value is -1.09. The molecular weight excluding hydrogens is 228 g/mol. The SMILES string of the molecule is CCCC[Si](C)(C)c1cc(OC)ccc1C=O. The fourth-order valence-electron chi connectivity index (χ4n) is 2.10. The van der Waals surface area contributed by atoms with Crippen LogP contribution in [0.1, 0.15) is 30.1 Å². The summed E-state index contributed by atoms with van der Waals surface area (Å²) in [5.74, 6) is 0.850. The first-order valence-corrected chi connectivity index (χ1v) is 9.39. The Morgan fingerprint density at radius 2 is 2.06 bits per heavy atom. The minimum absolute atomic E-state index is 0.832. The van der Waals surface area contributed by atoms with Crippen molar-refractivity contribution in [2.75, 3.05) is 7.11 Å². The number of carbonyl (C=O) groups excluding carboxylic acids is 1. The lowest BCUT2D eigenvalue weighted by molar-refractivity contribution is 0.112. The van der Waals surface area contributed by atoms with Gasteiger partial charge in [0.15, 0.2) is 0 Å². The van der Waals surface area contributed by atoms with Crippen molar-refractivity contribution in [2.24, 2.45) is 0 Å².